The van der Waals surface area contributed by atoms with Crippen molar-refractivity contribution in [1.29, 1.82) is 0 Å². The van der Waals surface area contributed by atoms with E-state index >= 15 is 0 Å². The lowest BCUT2D eigenvalue weighted by molar-refractivity contribution is -0.137. The largest absolute Gasteiger partial charge is 0.480 e. The Morgan fingerprint density at radius 1 is 1.33 bits per heavy atom. The highest BCUT2D eigenvalue weighted by Gasteiger charge is 2.18. The summed E-state index contributed by atoms with van der Waals surface area (Å²) in [6.45, 7) is 0.307. The number of aromatic nitrogens is 2. The van der Waals surface area contributed by atoms with Gasteiger partial charge in [-0.15, -0.1) is 0 Å². The van der Waals surface area contributed by atoms with E-state index in [1.54, 1.807) is 0 Å². The first kappa shape index (κ1) is 16.2. The zero-order valence-corrected chi connectivity index (χ0v) is 13.4. The molecule has 24 heavy (non-hydrogen) atoms. The first-order chi connectivity index (χ1) is 11.6. The van der Waals surface area contributed by atoms with Crippen molar-refractivity contribution in [3.8, 4) is 0 Å². The molecule has 0 spiro atoms. The zero-order chi connectivity index (χ0) is 16.9. The molecular weight excluding hydrogens is 306 g/mol. The van der Waals surface area contributed by atoms with Gasteiger partial charge >= 0.3 is 5.97 Å². The summed E-state index contributed by atoms with van der Waals surface area (Å²) in [6.07, 6.45) is 7.13. The summed E-state index contributed by atoms with van der Waals surface area (Å²) in [6, 6.07) is 8.56. The first-order valence-corrected chi connectivity index (χ1v) is 8.21. The van der Waals surface area contributed by atoms with E-state index in [-0.39, 0.29) is 12.4 Å². The lowest BCUT2D eigenvalue weighted by Gasteiger charge is -2.24. The minimum Gasteiger partial charge on any atom is -0.480 e. The van der Waals surface area contributed by atoms with E-state index in [1.165, 1.54) is 23.5 Å². The molecule has 0 bridgehead atoms. The second kappa shape index (κ2) is 7.29. The van der Waals surface area contributed by atoms with E-state index in [0.29, 0.717) is 12.5 Å². The van der Waals surface area contributed by atoms with Crippen LogP contribution in [0.4, 0.5) is 5.82 Å². The van der Waals surface area contributed by atoms with Gasteiger partial charge in [-0.3, -0.25) is 14.2 Å². The van der Waals surface area contributed by atoms with Crippen molar-refractivity contribution in [2.45, 2.75) is 32.2 Å². The minimum atomic E-state index is -1.05. The number of hydrogen-bond donors (Lipinski definition) is 2. The lowest BCUT2D eigenvalue weighted by Crippen LogP contribution is -2.28. The Balaban J connectivity index is 1.56. The Kier molecular flexibility index (Phi) is 4.93. The van der Waals surface area contributed by atoms with Crippen molar-refractivity contribution in [2.24, 2.45) is 5.92 Å². The van der Waals surface area contributed by atoms with Gasteiger partial charge in [-0.25, -0.2) is 4.98 Å². The Hall–Kier alpha value is -2.63. The molecule has 0 saturated heterocycles. The molecule has 2 N–H and O–H groups in total. The fourth-order valence-electron chi connectivity index (χ4n) is 3.25. The number of hydrogen-bond acceptors (Lipinski definition) is 4. The van der Waals surface area contributed by atoms with E-state index in [1.807, 2.05) is 0 Å². The Morgan fingerprint density at radius 2 is 2.12 bits per heavy atom. The molecule has 6 heteroatoms. The fraction of sp³-hybridized carbons (Fsp3) is 0.389. The van der Waals surface area contributed by atoms with Gasteiger partial charge < -0.3 is 10.4 Å². The molecule has 1 aromatic carbocycles. The number of anilines is 1. The van der Waals surface area contributed by atoms with Crippen LogP contribution in [0.3, 0.4) is 0 Å². The van der Waals surface area contributed by atoms with Crippen LogP contribution in [-0.2, 0) is 24.2 Å². The summed E-state index contributed by atoms with van der Waals surface area (Å²) < 4.78 is 1.15. The van der Waals surface area contributed by atoms with Crippen LogP contribution < -0.4 is 10.9 Å². The molecule has 1 atom stereocenters. The maximum Gasteiger partial charge on any atom is 0.323 e. The van der Waals surface area contributed by atoms with Gasteiger partial charge in [0.25, 0.3) is 5.56 Å². The van der Waals surface area contributed by atoms with Crippen molar-refractivity contribution in [1.82, 2.24) is 9.55 Å². The number of aryl methyl sites for hydroxylation is 1. The molecule has 1 unspecified atom stereocenters. The predicted molar refractivity (Wildman–Crippen MR) is 91.2 cm³/mol. The zero-order valence-electron chi connectivity index (χ0n) is 13.4. The summed E-state index contributed by atoms with van der Waals surface area (Å²) in [5, 5.41) is 11.9. The lowest BCUT2D eigenvalue weighted by atomic mass is 9.82. The van der Waals surface area contributed by atoms with Crippen LogP contribution in [0.5, 0.6) is 0 Å². The van der Waals surface area contributed by atoms with Crippen LogP contribution >= 0.6 is 0 Å². The molecule has 0 aliphatic heterocycles. The number of nitrogens with one attached hydrogen (secondary N) is 1. The van der Waals surface area contributed by atoms with Gasteiger partial charge in [0.15, 0.2) is 5.82 Å². The summed E-state index contributed by atoms with van der Waals surface area (Å²) in [5.41, 5.74) is 2.48. The molecule has 0 amide bonds. The third-order valence-corrected chi connectivity index (χ3v) is 4.51. The molecule has 0 saturated carbocycles. The third kappa shape index (κ3) is 3.82. The highest BCUT2D eigenvalue weighted by Crippen LogP contribution is 2.27. The van der Waals surface area contributed by atoms with Gasteiger partial charge in [0.05, 0.1) is 0 Å². The second-order valence-electron chi connectivity index (χ2n) is 6.20. The average molecular weight is 327 g/mol. The first-order valence-electron chi connectivity index (χ1n) is 8.21. The van der Waals surface area contributed by atoms with E-state index < -0.39 is 11.5 Å². The van der Waals surface area contributed by atoms with E-state index in [2.05, 4.69) is 34.6 Å². The van der Waals surface area contributed by atoms with E-state index in [9.17, 15) is 9.59 Å². The summed E-state index contributed by atoms with van der Waals surface area (Å²) >= 11 is 0. The Morgan fingerprint density at radius 3 is 2.92 bits per heavy atom. The molecule has 3 rings (SSSR count). The number of aliphatic carboxylic acids is 1. The van der Waals surface area contributed by atoms with Crippen molar-refractivity contribution < 1.29 is 9.90 Å². The molecule has 1 heterocycles. The van der Waals surface area contributed by atoms with Crippen molar-refractivity contribution >= 4 is 11.8 Å². The van der Waals surface area contributed by atoms with Crippen LogP contribution in [-0.4, -0.2) is 27.2 Å². The highest BCUT2D eigenvalue weighted by atomic mass is 16.4. The van der Waals surface area contributed by atoms with Crippen LogP contribution in [0, 0.1) is 5.92 Å². The Labute approximate surface area is 140 Å². The molecule has 0 fully saturated rings. The SMILES string of the molecule is O=C(O)Cn1ccnc(NCCC2CCc3ccccc3C2)c1=O. The minimum absolute atomic E-state index is 0.218. The molecule has 2 aromatic rings. The second-order valence-corrected chi connectivity index (χ2v) is 6.20. The number of benzene rings is 1. The van der Waals surface area contributed by atoms with Gasteiger partial charge in [-0.1, -0.05) is 24.3 Å². The van der Waals surface area contributed by atoms with Gasteiger partial charge in [-0.2, -0.15) is 0 Å². The molecule has 1 aliphatic rings. The van der Waals surface area contributed by atoms with Gasteiger partial charge in [0, 0.05) is 18.9 Å². The van der Waals surface area contributed by atoms with Crippen LogP contribution in [0.2, 0.25) is 0 Å². The van der Waals surface area contributed by atoms with E-state index in [0.717, 1.165) is 30.3 Å². The van der Waals surface area contributed by atoms with Crippen LogP contribution in [0.25, 0.3) is 0 Å². The number of carboxylic acid groups (broad SMARTS) is 1. The molecule has 6 nitrogen and oxygen atoms in total. The van der Waals surface area contributed by atoms with Crippen LogP contribution in [0.1, 0.15) is 24.0 Å². The number of carboxylic acids is 1. The standard InChI is InChI=1S/C18H21N3O3/c22-16(23)12-21-10-9-20-17(18(21)24)19-8-7-13-5-6-14-3-1-2-4-15(14)11-13/h1-4,9-10,13H,5-8,11-12H2,(H,19,20)(H,22,23). The number of carbonyl (C=O) groups is 1. The van der Waals surface area contributed by atoms with Crippen LogP contribution in [0.15, 0.2) is 41.5 Å². The monoisotopic (exact) mass is 327 g/mol. The normalized spacial score (nSPS) is 16.4. The highest BCUT2D eigenvalue weighted by molar-refractivity contribution is 5.66. The molecule has 1 aliphatic carbocycles. The summed E-state index contributed by atoms with van der Waals surface area (Å²) in [7, 11) is 0. The number of nitrogens with zero attached hydrogens (tertiary/aromatic N) is 2. The molecule has 126 valence electrons. The van der Waals surface area contributed by atoms with Gasteiger partial charge in [0.2, 0.25) is 0 Å². The fourth-order valence-corrected chi connectivity index (χ4v) is 3.25. The predicted octanol–water partition coefficient (Wildman–Crippen LogP) is 1.93. The summed E-state index contributed by atoms with van der Waals surface area (Å²) in [5.74, 6) is -0.234. The van der Waals surface area contributed by atoms with Crippen molar-refractivity contribution in [2.75, 3.05) is 11.9 Å². The maximum absolute atomic E-state index is 12.1. The third-order valence-electron chi connectivity index (χ3n) is 4.51. The quantitative estimate of drug-likeness (QED) is 0.847. The number of rotatable bonds is 6. The molecular formula is C18H21N3O3. The van der Waals surface area contributed by atoms with E-state index in [4.69, 9.17) is 5.11 Å². The average Bonchev–Trinajstić information content (AvgIpc) is 2.57. The molecule has 0 radical (unpaired) electrons. The van der Waals surface area contributed by atoms with Crippen molar-refractivity contribution in [3.05, 3.63) is 58.1 Å². The van der Waals surface area contributed by atoms with Crippen molar-refractivity contribution in [3.63, 3.8) is 0 Å². The number of fused-ring (bicyclic) bond motifs is 1. The molecule has 1 aromatic heterocycles. The topological polar surface area (TPSA) is 84.2 Å². The summed E-state index contributed by atoms with van der Waals surface area (Å²) in [4.78, 5) is 26.9. The smallest absolute Gasteiger partial charge is 0.323 e. The maximum atomic E-state index is 12.1. The van der Waals surface area contributed by atoms with Gasteiger partial charge in [0.1, 0.15) is 6.54 Å². The van der Waals surface area contributed by atoms with Gasteiger partial charge in [-0.05, 0) is 42.7 Å². The Bertz CT molecular complexity index is 785.